The fraction of sp³-hybridized carbons (Fsp3) is 0.421. The van der Waals surface area contributed by atoms with Gasteiger partial charge in [0.2, 0.25) is 0 Å². The molecule has 0 aliphatic rings. The number of hydrogen-bond acceptors (Lipinski definition) is 7. The van der Waals surface area contributed by atoms with Crippen molar-refractivity contribution in [2.75, 3.05) is 23.8 Å². The van der Waals surface area contributed by atoms with Gasteiger partial charge in [-0.3, -0.25) is 10.6 Å². The average Bonchev–Trinajstić information content (AvgIpc) is 3.26. The molecule has 0 saturated carbocycles. The van der Waals surface area contributed by atoms with E-state index in [0.717, 1.165) is 22.6 Å². The molecule has 0 unspecified atom stereocenters. The van der Waals surface area contributed by atoms with Crippen LogP contribution in [0, 0.1) is 0 Å². The summed E-state index contributed by atoms with van der Waals surface area (Å²) in [7, 11) is 0. The van der Waals surface area contributed by atoms with E-state index < -0.39 is 18.0 Å². The summed E-state index contributed by atoms with van der Waals surface area (Å²) in [4.78, 5) is 38.7. The van der Waals surface area contributed by atoms with Crippen LogP contribution in [0.25, 0.3) is 0 Å². The van der Waals surface area contributed by atoms with Crippen molar-refractivity contribution in [3.63, 3.8) is 0 Å². The lowest BCUT2D eigenvalue weighted by Crippen LogP contribution is -2.21. The molecule has 2 rings (SSSR count). The highest BCUT2D eigenvalue weighted by Crippen LogP contribution is 2.32. The van der Waals surface area contributed by atoms with E-state index in [4.69, 9.17) is 9.47 Å². The number of carbonyl (C=O) groups excluding carboxylic acids is 3. The minimum Gasteiger partial charge on any atom is -0.462 e. The van der Waals surface area contributed by atoms with E-state index in [1.165, 1.54) is 22.7 Å². The van der Waals surface area contributed by atoms with Crippen molar-refractivity contribution >= 4 is 50.6 Å². The van der Waals surface area contributed by atoms with Crippen molar-refractivity contribution in [1.82, 2.24) is 0 Å². The van der Waals surface area contributed by atoms with Gasteiger partial charge in [-0.1, -0.05) is 13.8 Å². The van der Waals surface area contributed by atoms with Gasteiger partial charge in [0.15, 0.2) is 0 Å². The van der Waals surface area contributed by atoms with Gasteiger partial charge in [-0.05, 0) is 38.8 Å². The topological polar surface area (TPSA) is 93.7 Å². The van der Waals surface area contributed by atoms with Gasteiger partial charge >= 0.3 is 18.0 Å². The van der Waals surface area contributed by atoms with Crippen molar-refractivity contribution in [2.45, 2.75) is 40.5 Å². The number of amides is 2. The number of aryl methyl sites for hydroxylation is 2. The third kappa shape index (κ3) is 5.32. The highest BCUT2D eigenvalue weighted by Gasteiger charge is 2.21. The molecule has 0 bridgehead atoms. The molecule has 2 aromatic heterocycles. The monoisotopic (exact) mass is 424 g/mol. The van der Waals surface area contributed by atoms with Crippen LogP contribution in [0.4, 0.5) is 14.8 Å². The molecule has 2 N–H and O–H groups in total. The van der Waals surface area contributed by atoms with Crippen molar-refractivity contribution in [1.29, 1.82) is 0 Å². The van der Waals surface area contributed by atoms with Crippen LogP contribution >= 0.6 is 22.7 Å². The smallest absolute Gasteiger partial charge is 0.341 e. The van der Waals surface area contributed by atoms with Crippen LogP contribution in [-0.4, -0.2) is 31.2 Å². The van der Waals surface area contributed by atoms with E-state index in [0.29, 0.717) is 21.1 Å². The quantitative estimate of drug-likeness (QED) is 0.586. The van der Waals surface area contributed by atoms with Crippen LogP contribution in [0.2, 0.25) is 0 Å². The standard InChI is InChI=1S/C19H24N2O5S2/c1-5-11-9-13(17(22)25-7-3)15(27-11)20-19(24)21-16-14(18(23)26-8-4)10-12(6-2)28-16/h9-10H,5-8H2,1-4H3,(H2,20,21,24). The van der Waals surface area contributed by atoms with Gasteiger partial charge in [0.25, 0.3) is 0 Å². The molecule has 0 atom stereocenters. The second-order valence-electron chi connectivity index (χ2n) is 5.64. The van der Waals surface area contributed by atoms with Crippen LogP contribution < -0.4 is 10.6 Å². The van der Waals surface area contributed by atoms with Gasteiger partial charge in [0.1, 0.15) is 10.0 Å². The molecule has 0 aromatic carbocycles. The lowest BCUT2D eigenvalue weighted by Gasteiger charge is -2.08. The lowest BCUT2D eigenvalue weighted by atomic mass is 10.2. The minimum atomic E-state index is -0.537. The molecule has 9 heteroatoms. The Hall–Kier alpha value is -2.39. The summed E-state index contributed by atoms with van der Waals surface area (Å²) in [5, 5.41) is 6.23. The number of thiophene rings is 2. The lowest BCUT2D eigenvalue weighted by molar-refractivity contribution is 0.0518. The maximum absolute atomic E-state index is 12.5. The summed E-state index contributed by atoms with van der Waals surface area (Å²) >= 11 is 2.64. The van der Waals surface area contributed by atoms with Crippen molar-refractivity contribution in [3.8, 4) is 0 Å². The number of urea groups is 1. The first-order chi connectivity index (χ1) is 13.4. The maximum Gasteiger partial charge on any atom is 0.341 e. The summed E-state index contributed by atoms with van der Waals surface area (Å²) in [5.74, 6) is -0.962. The van der Waals surface area contributed by atoms with E-state index in [2.05, 4.69) is 10.6 Å². The van der Waals surface area contributed by atoms with Crippen molar-refractivity contribution < 1.29 is 23.9 Å². The predicted octanol–water partition coefficient (Wildman–Crippen LogP) is 4.93. The highest BCUT2D eigenvalue weighted by molar-refractivity contribution is 7.17. The second-order valence-corrected chi connectivity index (χ2v) is 7.91. The van der Waals surface area contributed by atoms with Crippen LogP contribution in [0.3, 0.4) is 0 Å². The molecule has 2 aromatic rings. The Morgan fingerprint density at radius 2 is 1.18 bits per heavy atom. The zero-order chi connectivity index (χ0) is 20.7. The first-order valence-corrected chi connectivity index (χ1v) is 10.7. The summed E-state index contributed by atoms with van der Waals surface area (Å²) in [6.45, 7) is 7.88. The van der Waals surface area contributed by atoms with Crippen LogP contribution in [0.1, 0.15) is 58.2 Å². The number of anilines is 2. The Kier molecular flexibility index (Phi) is 8.01. The van der Waals surface area contributed by atoms with Crippen LogP contribution in [-0.2, 0) is 22.3 Å². The Bertz CT molecular complexity index is 788. The average molecular weight is 425 g/mol. The molecule has 0 aliphatic carbocycles. The Morgan fingerprint density at radius 3 is 1.50 bits per heavy atom. The molecule has 28 heavy (non-hydrogen) atoms. The molecular formula is C19H24N2O5S2. The number of ether oxygens (including phenoxy) is 2. The molecular weight excluding hydrogens is 400 g/mol. The van der Waals surface area contributed by atoms with Gasteiger partial charge in [-0.25, -0.2) is 14.4 Å². The van der Waals surface area contributed by atoms with Gasteiger partial charge in [0.05, 0.1) is 24.3 Å². The van der Waals surface area contributed by atoms with Gasteiger partial charge in [-0.2, -0.15) is 0 Å². The van der Waals surface area contributed by atoms with E-state index in [1.54, 1.807) is 26.0 Å². The zero-order valence-corrected chi connectivity index (χ0v) is 18.0. The van der Waals surface area contributed by atoms with E-state index in [-0.39, 0.29) is 13.2 Å². The highest BCUT2D eigenvalue weighted by atomic mass is 32.1. The fourth-order valence-electron chi connectivity index (χ4n) is 2.38. The number of nitrogens with one attached hydrogen (secondary N) is 2. The number of carbonyl (C=O) groups is 3. The fourth-order valence-corrected chi connectivity index (χ4v) is 4.34. The summed E-state index contributed by atoms with van der Waals surface area (Å²) in [5.41, 5.74) is 0.648. The molecule has 2 heterocycles. The molecule has 0 radical (unpaired) electrons. The van der Waals surface area contributed by atoms with Crippen molar-refractivity contribution in [3.05, 3.63) is 33.0 Å². The molecule has 7 nitrogen and oxygen atoms in total. The predicted molar refractivity (Wildman–Crippen MR) is 112 cm³/mol. The van der Waals surface area contributed by atoms with Crippen LogP contribution in [0.15, 0.2) is 12.1 Å². The molecule has 0 aliphatic heterocycles. The first kappa shape index (κ1) is 21.9. The Labute approximate surface area is 172 Å². The van der Waals surface area contributed by atoms with Gasteiger partial charge < -0.3 is 9.47 Å². The largest absolute Gasteiger partial charge is 0.462 e. The van der Waals surface area contributed by atoms with Crippen LogP contribution in [0.5, 0.6) is 0 Å². The molecule has 152 valence electrons. The number of rotatable bonds is 8. The minimum absolute atomic E-state index is 0.250. The van der Waals surface area contributed by atoms with E-state index in [9.17, 15) is 14.4 Å². The third-order valence-electron chi connectivity index (χ3n) is 3.71. The zero-order valence-electron chi connectivity index (χ0n) is 16.3. The SMILES string of the molecule is CCOC(=O)c1cc(CC)sc1NC(=O)Nc1sc(CC)cc1C(=O)OCC. The molecule has 0 spiro atoms. The first-order valence-electron chi connectivity index (χ1n) is 9.10. The molecule has 0 fully saturated rings. The number of esters is 2. The molecule has 0 saturated heterocycles. The number of hydrogen-bond donors (Lipinski definition) is 2. The van der Waals surface area contributed by atoms with Gasteiger partial charge in [-0.15, -0.1) is 22.7 Å². The summed E-state index contributed by atoms with van der Waals surface area (Å²) in [6.07, 6.45) is 1.47. The van der Waals surface area contributed by atoms with Crippen molar-refractivity contribution in [2.24, 2.45) is 0 Å². The Balaban J connectivity index is 2.21. The normalized spacial score (nSPS) is 10.4. The van der Waals surface area contributed by atoms with Gasteiger partial charge in [0, 0.05) is 9.75 Å². The molecule has 2 amide bonds. The summed E-state index contributed by atoms with van der Waals surface area (Å²) < 4.78 is 10.1. The second kappa shape index (κ2) is 10.2. The van der Waals surface area contributed by atoms with E-state index in [1.807, 2.05) is 13.8 Å². The van der Waals surface area contributed by atoms with E-state index >= 15 is 0 Å². The summed E-state index contributed by atoms with van der Waals surface area (Å²) in [6, 6.07) is 2.91. The third-order valence-corrected chi connectivity index (χ3v) is 6.10. The Morgan fingerprint density at radius 1 is 0.786 bits per heavy atom. The maximum atomic E-state index is 12.5.